The van der Waals surface area contributed by atoms with Gasteiger partial charge in [-0.25, -0.2) is 0 Å². The summed E-state index contributed by atoms with van der Waals surface area (Å²) in [5, 5.41) is 12.4. The molecule has 0 spiro atoms. The molecule has 0 aliphatic rings. The van der Waals surface area contributed by atoms with Crippen molar-refractivity contribution < 1.29 is 14.6 Å². The molecule has 116 valence electrons. The van der Waals surface area contributed by atoms with Crippen LogP contribution in [0.15, 0.2) is 48.5 Å². The van der Waals surface area contributed by atoms with Crippen LogP contribution < -0.4 is 10.1 Å². The van der Waals surface area contributed by atoms with Gasteiger partial charge >= 0.3 is 0 Å². The molecule has 0 aliphatic carbocycles. The van der Waals surface area contributed by atoms with Crippen LogP contribution in [0.4, 0.5) is 0 Å². The topological polar surface area (TPSA) is 58.6 Å². The van der Waals surface area contributed by atoms with Crippen molar-refractivity contribution in [1.82, 2.24) is 5.32 Å². The van der Waals surface area contributed by atoms with Crippen LogP contribution in [0.1, 0.15) is 17.5 Å². The van der Waals surface area contributed by atoms with Crippen LogP contribution >= 0.6 is 0 Å². The van der Waals surface area contributed by atoms with Crippen molar-refractivity contribution in [2.24, 2.45) is 0 Å². The van der Waals surface area contributed by atoms with Gasteiger partial charge in [-0.3, -0.25) is 4.79 Å². The number of amides is 1. The SMILES string of the molecule is COc1cc(CC(=O)NCCCc2ccccc2)ccc1O. The molecular weight excluding hydrogens is 278 g/mol. The van der Waals surface area contributed by atoms with E-state index < -0.39 is 0 Å². The maximum atomic E-state index is 11.9. The first-order chi connectivity index (χ1) is 10.7. The number of benzene rings is 2. The van der Waals surface area contributed by atoms with Crippen molar-refractivity contribution >= 4 is 5.91 Å². The molecule has 1 amide bonds. The smallest absolute Gasteiger partial charge is 0.224 e. The second-order valence-electron chi connectivity index (χ2n) is 5.12. The number of nitrogens with one attached hydrogen (secondary N) is 1. The fourth-order valence-electron chi connectivity index (χ4n) is 2.24. The fraction of sp³-hybridized carbons (Fsp3) is 0.278. The lowest BCUT2D eigenvalue weighted by molar-refractivity contribution is -0.120. The Morgan fingerprint density at radius 1 is 1.14 bits per heavy atom. The Morgan fingerprint density at radius 2 is 1.91 bits per heavy atom. The molecule has 0 unspecified atom stereocenters. The molecular formula is C18H21NO3. The summed E-state index contributed by atoms with van der Waals surface area (Å²) in [6.07, 6.45) is 2.14. The largest absolute Gasteiger partial charge is 0.504 e. The van der Waals surface area contributed by atoms with Crippen LogP contribution in [-0.4, -0.2) is 24.7 Å². The van der Waals surface area contributed by atoms with Gasteiger partial charge in [0.2, 0.25) is 5.91 Å². The highest BCUT2D eigenvalue weighted by atomic mass is 16.5. The summed E-state index contributed by atoms with van der Waals surface area (Å²) in [7, 11) is 1.49. The second kappa shape index (κ2) is 8.08. The Hall–Kier alpha value is -2.49. The highest BCUT2D eigenvalue weighted by molar-refractivity contribution is 5.78. The summed E-state index contributed by atoms with van der Waals surface area (Å²) in [6, 6.07) is 15.2. The zero-order chi connectivity index (χ0) is 15.8. The van der Waals surface area contributed by atoms with E-state index in [1.54, 1.807) is 12.1 Å². The molecule has 0 radical (unpaired) electrons. The average Bonchev–Trinajstić information content (AvgIpc) is 2.54. The van der Waals surface area contributed by atoms with Gasteiger partial charge in [-0.1, -0.05) is 36.4 Å². The molecule has 0 aromatic heterocycles. The van der Waals surface area contributed by atoms with Crippen molar-refractivity contribution in [3.8, 4) is 11.5 Å². The number of carbonyl (C=O) groups is 1. The van der Waals surface area contributed by atoms with Gasteiger partial charge in [0.05, 0.1) is 13.5 Å². The van der Waals surface area contributed by atoms with Gasteiger partial charge in [0.25, 0.3) is 0 Å². The molecule has 0 bridgehead atoms. The Labute approximate surface area is 130 Å². The van der Waals surface area contributed by atoms with Crippen molar-refractivity contribution in [3.05, 3.63) is 59.7 Å². The van der Waals surface area contributed by atoms with Crippen molar-refractivity contribution in [2.45, 2.75) is 19.3 Å². The van der Waals surface area contributed by atoms with Crippen LogP contribution in [-0.2, 0) is 17.6 Å². The first-order valence-electron chi connectivity index (χ1n) is 7.35. The van der Waals surface area contributed by atoms with E-state index in [9.17, 15) is 9.90 Å². The zero-order valence-electron chi connectivity index (χ0n) is 12.7. The second-order valence-corrected chi connectivity index (χ2v) is 5.12. The maximum absolute atomic E-state index is 11.9. The van der Waals surface area contributed by atoms with Crippen LogP contribution in [0, 0.1) is 0 Å². The number of ether oxygens (including phenoxy) is 1. The number of hydrogen-bond acceptors (Lipinski definition) is 3. The molecule has 0 saturated carbocycles. The molecule has 2 aromatic rings. The molecule has 0 fully saturated rings. The molecule has 0 saturated heterocycles. The molecule has 2 aromatic carbocycles. The highest BCUT2D eigenvalue weighted by Crippen LogP contribution is 2.26. The molecule has 0 heterocycles. The highest BCUT2D eigenvalue weighted by Gasteiger charge is 2.07. The molecule has 4 nitrogen and oxygen atoms in total. The van der Waals surface area contributed by atoms with E-state index in [2.05, 4.69) is 17.4 Å². The number of rotatable bonds is 7. The van der Waals surface area contributed by atoms with Crippen molar-refractivity contribution in [3.63, 3.8) is 0 Å². The van der Waals surface area contributed by atoms with E-state index in [1.807, 2.05) is 18.2 Å². The van der Waals surface area contributed by atoms with Gasteiger partial charge in [0.15, 0.2) is 11.5 Å². The van der Waals surface area contributed by atoms with Crippen LogP contribution in [0.5, 0.6) is 11.5 Å². The first-order valence-corrected chi connectivity index (χ1v) is 7.35. The van der Waals surface area contributed by atoms with Gasteiger partial charge in [-0.2, -0.15) is 0 Å². The van der Waals surface area contributed by atoms with Crippen molar-refractivity contribution in [1.29, 1.82) is 0 Å². The summed E-state index contributed by atoms with van der Waals surface area (Å²) >= 11 is 0. The summed E-state index contributed by atoms with van der Waals surface area (Å²) < 4.78 is 5.03. The van der Waals surface area contributed by atoms with E-state index in [0.717, 1.165) is 18.4 Å². The normalized spacial score (nSPS) is 10.2. The lowest BCUT2D eigenvalue weighted by atomic mass is 10.1. The van der Waals surface area contributed by atoms with Crippen LogP contribution in [0.25, 0.3) is 0 Å². The summed E-state index contributed by atoms with van der Waals surface area (Å²) in [4.78, 5) is 11.9. The number of phenols is 1. The third kappa shape index (κ3) is 4.81. The standard InChI is InChI=1S/C18H21NO3/c1-22-17-12-15(9-10-16(17)20)13-18(21)19-11-5-8-14-6-3-2-4-7-14/h2-4,6-7,9-10,12,20H,5,8,11,13H2,1H3,(H,19,21). The number of hydrogen-bond donors (Lipinski definition) is 2. The monoisotopic (exact) mass is 299 g/mol. The number of methoxy groups -OCH3 is 1. The van der Waals surface area contributed by atoms with E-state index in [-0.39, 0.29) is 18.1 Å². The van der Waals surface area contributed by atoms with Crippen LogP contribution in [0.3, 0.4) is 0 Å². The molecule has 4 heteroatoms. The van der Waals surface area contributed by atoms with Crippen LogP contribution in [0.2, 0.25) is 0 Å². The average molecular weight is 299 g/mol. The quantitative estimate of drug-likeness (QED) is 0.773. The number of aromatic hydroxyl groups is 1. The Kier molecular flexibility index (Phi) is 5.83. The number of phenolic OH excluding ortho intramolecular Hbond substituents is 1. The van der Waals surface area contributed by atoms with Crippen molar-refractivity contribution in [2.75, 3.05) is 13.7 Å². The van der Waals surface area contributed by atoms with E-state index in [4.69, 9.17) is 4.74 Å². The predicted octanol–water partition coefficient (Wildman–Crippen LogP) is 2.69. The third-order valence-corrected chi connectivity index (χ3v) is 3.42. The molecule has 0 aliphatic heterocycles. The van der Waals surface area contributed by atoms with E-state index in [1.165, 1.54) is 18.7 Å². The zero-order valence-corrected chi connectivity index (χ0v) is 12.7. The minimum Gasteiger partial charge on any atom is -0.504 e. The Balaban J connectivity index is 1.74. The third-order valence-electron chi connectivity index (χ3n) is 3.42. The lowest BCUT2D eigenvalue weighted by Gasteiger charge is -2.08. The van der Waals surface area contributed by atoms with E-state index >= 15 is 0 Å². The molecule has 22 heavy (non-hydrogen) atoms. The number of aryl methyl sites for hydroxylation is 1. The van der Waals surface area contributed by atoms with Gasteiger partial charge < -0.3 is 15.2 Å². The van der Waals surface area contributed by atoms with E-state index in [0.29, 0.717) is 12.3 Å². The molecule has 2 rings (SSSR count). The molecule has 2 N–H and O–H groups in total. The minimum absolute atomic E-state index is 0.0270. The first kappa shape index (κ1) is 15.9. The predicted molar refractivity (Wildman–Crippen MR) is 86.1 cm³/mol. The Morgan fingerprint density at radius 3 is 2.64 bits per heavy atom. The van der Waals surface area contributed by atoms with Gasteiger partial charge in [-0.05, 0) is 36.1 Å². The fourth-order valence-corrected chi connectivity index (χ4v) is 2.24. The summed E-state index contributed by atoms with van der Waals surface area (Å²) in [6.45, 7) is 0.656. The lowest BCUT2D eigenvalue weighted by Crippen LogP contribution is -2.26. The number of carbonyl (C=O) groups excluding carboxylic acids is 1. The minimum atomic E-state index is -0.0270. The van der Waals surface area contributed by atoms with Gasteiger partial charge in [-0.15, -0.1) is 0 Å². The summed E-state index contributed by atoms with van der Waals surface area (Å²) in [5.74, 6) is 0.435. The Bertz CT molecular complexity index is 611. The van der Waals surface area contributed by atoms with Gasteiger partial charge in [0.1, 0.15) is 0 Å². The molecule has 0 atom stereocenters. The van der Waals surface area contributed by atoms with Gasteiger partial charge in [0, 0.05) is 6.54 Å². The maximum Gasteiger partial charge on any atom is 0.224 e. The summed E-state index contributed by atoms with van der Waals surface area (Å²) in [5.41, 5.74) is 2.09.